The highest BCUT2D eigenvalue weighted by Crippen LogP contribution is 2.42. The predicted molar refractivity (Wildman–Crippen MR) is 191 cm³/mol. The van der Waals surface area contributed by atoms with Crippen LogP contribution >= 0.6 is 27.5 Å². The number of hydrogen-bond acceptors (Lipinski definition) is 7. The zero-order valence-electron chi connectivity index (χ0n) is 26.9. The summed E-state index contributed by atoms with van der Waals surface area (Å²) in [5.41, 5.74) is 3.21. The summed E-state index contributed by atoms with van der Waals surface area (Å²) in [7, 11) is 1.63. The van der Waals surface area contributed by atoms with Crippen molar-refractivity contribution in [1.82, 2.24) is 9.66 Å². The van der Waals surface area contributed by atoms with Crippen LogP contribution in [0.25, 0.3) is 22.3 Å². The number of carbonyl (C=O) groups is 1. The van der Waals surface area contributed by atoms with Crippen LogP contribution in [-0.2, 0) is 4.79 Å². The van der Waals surface area contributed by atoms with Crippen molar-refractivity contribution in [3.63, 3.8) is 0 Å². The molecule has 0 radical (unpaired) electrons. The molecule has 0 spiro atoms. The van der Waals surface area contributed by atoms with E-state index in [9.17, 15) is 14.0 Å². The number of hydrogen-bond donors (Lipinski definition) is 1. The monoisotopic (exact) mass is 734 g/mol. The molecule has 0 fully saturated rings. The van der Waals surface area contributed by atoms with E-state index in [0.29, 0.717) is 26.8 Å². The molecule has 0 bridgehead atoms. The molecule has 4 aromatic carbocycles. The number of halogens is 3. The number of fused-ring (bicyclic) bond motifs is 1. The normalized spacial score (nSPS) is 11.4. The lowest BCUT2D eigenvalue weighted by Gasteiger charge is -2.18. The number of methoxy groups -OCH3 is 1. The first kappa shape index (κ1) is 34.6. The van der Waals surface area contributed by atoms with Crippen molar-refractivity contribution in [2.75, 3.05) is 25.6 Å². The smallest absolute Gasteiger partial charge is 0.282 e. The molecule has 5 rings (SSSR count). The molecule has 1 N–H and O–H groups in total. The highest BCUT2D eigenvalue weighted by atomic mass is 79.9. The van der Waals surface area contributed by atoms with Gasteiger partial charge in [-0.3, -0.25) is 9.59 Å². The molecule has 0 saturated carbocycles. The Labute approximate surface area is 290 Å². The number of aryl methyl sites for hydroxylation is 1. The minimum atomic E-state index is -0.592. The third kappa shape index (κ3) is 7.22. The molecule has 1 amide bonds. The van der Waals surface area contributed by atoms with Gasteiger partial charge in [-0.1, -0.05) is 49.7 Å². The van der Waals surface area contributed by atoms with Crippen molar-refractivity contribution < 1.29 is 23.4 Å². The van der Waals surface area contributed by atoms with Crippen molar-refractivity contribution >= 4 is 56.2 Å². The molecule has 0 aliphatic carbocycles. The fraction of sp³-hybridized carbons (Fsp3) is 0.222. The number of carbonyl (C=O) groups excluding carboxylic acids is 1. The summed E-state index contributed by atoms with van der Waals surface area (Å²) in [6.45, 7) is 7.64. The number of para-hydroxylation sites is 2. The van der Waals surface area contributed by atoms with Crippen LogP contribution < -0.4 is 25.1 Å². The summed E-state index contributed by atoms with van der Waals surface area (Å²) in [5, 5.41) is 7.61. The summed E-state index contributed by atoms with van der Waals surface area (Å²) in [6, 6.07) is 18.4. The van der Waals surface area contributed by atoms with Crippen molar-refractivity contribution in [1.29, 1.82) is 0 Å². The fourth-order valence-electron chi connectivity index (χ4n) is 5.07. The van der Waals surface area contributed by atoms with Gasteiger partial charge in [-0.2, -0.15) is 9.78 Å². The van der Waals surface area contributed by atoms with Gasteiger partial charge in [0.25, 0.3) is 11.5 Å². The van der Waals surface area contributed by atoms with Gasteiger partial charge in [-0.15, -0.1) is 0 Å². The van der Waals surface area contributed by atoms with Gasteiger partial charge in [-0.25, -0.2) is 9.37 Å². The minimum Gasteiger partial charge on any atom is -0.496 e. The molecular weight excluding hydrogens is 703 g/mol. The van der Waals surface area contributed by atoms with E-state index in [1.807, 2.05) is 25.1 Å². The van der Waals surface area contributed by atoms with Gasteiger partial charge in [0.15, 0.2) is 23.9 Å². The second-order valence-corrected chi connectivity index (χ2v) is 12.2. The second kappa shape index (κ2) is 15.0. The third-order valence-corrected chi connectivity index (χ3v) is 8.90. The molecule has 0 saturated heterocycles. The van der Waals surface area contributed by atoms with Gasteiger partial charge in [-0.05, 0) is 89.3 Å². The molecule has 12 heteroatoms. The van der Waals surface area contributed by atoms with Crippen LogP contribution in [0.15, 0.2) is 81.1 Å². The van der Waals surface area contributed by atoms with E-state index >= 15 is 0 Å². The molecule has 0 atom stereocenters. The summed E-state index contributed by atoms with van der Waals surface area (Å²) in [5.74, 6) is 0.421. The minimum absolute atomic E-state index is 0.0259. The zero-order chi connectivity index (χ0) is 34.5. The number of rotatable bonds is 11. The zero-order valence-corrected chi connectivity index (χ0v) is 29.3. The predicted octanol–water partition coefficient (Wildman–Crippen LogP) is 8.36. The Morgan fingerprint density at radius 3 is 2.54 bits per heavy atom. The topological polar surface area (TPSA) is 104 Å². The Morgan fingerprint density at radius 1 is 1.10 bits per heavy atom. The van der Waals surface area contributed by atoms with E-state index in [0.717, 1.165) is 22.4 Å². The summed E-state index contributed by atoms with van der Waals surface area (Å²) < 4.78 is 32.9. The van der Waals surface area contributed by atoms with Crippen LogP contribution in [0.4, 0.5) is 10.1 Å². The SMILES string of the molecule is CCOc1cc(C=Nn2c(-c3cc(C(C)C)c(OC)cc3C)nc3ccccc3c2=O)c(Br)c(Cl)c1OCC(=O)Nc1ccccc1F. The summed E-state index contributed by atoms with van der Waals surface area (Å²) >= 11 is 10.2. The first-order valence-corrected chi connectivity index (χ1v) is 16.3. The lowest BCUT2D eigenvalue weighted by molar-refractivity contribution is -0.118. The van der Waals surface area contributed by atoms with E-state index in [1.165, 1.54) is 29.1 Å². The summed E-state index contributed by atoms with van der Waals surface area (Å²) in [4.78, 5) is 31.3. The molecule has 0 aliphatic heterocycles. The van der Waals surface area contributed by atoms with E-state index in [-0.39, 0.29) is 40.3 Å². The Morgan fingerprint density at radius 2 is 1.83 bits per heavy atom. The van der Waals surface area contributed by atoms with Gasteiger partial charge >= 0.3 is 0 Å². The molecule has 1 heterocycles. The molecule has 5 aromatic rings. The summed E-state index contributed by atoms with van der Waals surface area (Å²) in [6.07, 6.45) is 1.47. The maximum absolute atomic E-state index is 14.0. The van der Waals surface area contributed by atoms with E-state index in [4.69, 9.17) is 30.8 Å². The lowest BCUT2D eigenvalue weighted by Crippen LogP contribution is -2.21. The number of nitrogens with zero attached hydrogens (tertiary/aromatic N) is 3. The van der Waals surface area contributed by atoms with Gasteiger partial charge in [0.2, 0.25) is 0 Å². The molecule has 48 heavy (non-hydrogen) atoms. The first-order chi connectivity index (χ1) is 23.0. The van der Waals surface area contributed by atoms with E-state index in [2.05, 4.69) is 40.2 Å². The molecule has 248 valence electrons. The lowest BCUT2D eigenvalue weighted by atomic mass is 9.96. The Balaban J connectivity index is 1.56. The van der Waals surface area contributed by atoms with Crippen LogP contribution in [0.1, 0.15) is 43.4 Å². The van der Waals surface area contributed by atoms with E-state index in [1.54, 1.807) is 44.4 Å². The second-order valence-electron chi connectivity index (χ2n) is 11.0. The number of benzene rings is 4. The van der Waals surface area contributed by atoms with Crippen molar-refractivity contribution in [2.24, 2.45) is 5.10 Å². The van der Waals surface area contributed by atoms with Gasteiger partial charge in [0.1, 0.15) is 16.6 Å². The van der Waals surface area contributed by atoms with Gasteiger partial charge in [0, 0.05) is 15.6 Å². The standard InChI is InChI=1S/C36H33BrClFN4O5/c1-6-47-30-16-22(32(37)33(38)34(30)48-19-31(44)41-28-14-10-8-12-26(28)39)18-40-43-35(42-27-13-9-7-11-23(27)36(43)45)25-17-24(20(2)3)29(46-5)15-21(25)4/h7-18,20H,6,19H2,1-5H3,(H,41,44). The number of aromatic nitrogens is 2. The van der Waals surface area contributed by atoms with E-state index < -0.39 is 18.3 Å². The maximum atomic E-state index is 14.0. The highest BCUT2D eigenvalue weighted by Gasteiger charge is 2.21. The van der Waals surface area contributed by atoms with Crippen LogP contribution in [0, 0.1) is 12.7 Å². The number of nitrogens with one attached hydrogen (secondary N) is 1. The number of ether oxygens (including phenoxy) is 3. The highest BCUT2D eigenvalue weighted by molar-refractivity contribution is 9.10. The average Bonchev–Trinajstić information content (AvgIpc) is 3.07. The maximum Gasteiger partial charge on any atom is 0.282 e. The Hall–Kier alpha value is -4.74. The molecule has 0 unspecified atom stereocenters. The van der Waals surface area contributed by atoms with Gasteiger partial charge < -0.3 is 19.5 Å². The van der Waals surface area contributed by atoms with Crippen LogP contribution in [0.3, 0.4) is 0 Å². The van der Waals surface area contributed by atoms with Crippen LogP contribution in [-0.4, -0.2) is 42.1 Å². The number of anilines is 1. The largest absolute Gasteiger partial charge is 0.496 e. The van der Waals surface area contributed by atoms with Crippen LogP contribution in [0.5, 0.6) is 17.2 Å². The van der Waals surface area contributed by atoms with Crippen molar-refractivity contribution in [3.8, 4) is 28.6 Å². The molecule has 0 aliphatic rings. The number of amides is 1. The average molecular weight is 736 g/mol. The van der Waals surface area contributed by atoms with Gasteiger partial charge in [0.05, 0.1) is 36.5 Å². The quantitative estimate of drug-likeness (QED) is 0.137. The molecular formula is C36H33BrClFN4O5. The first-order valence-electron chi connectivity index (χ1n) is 15.1. The molecule has 1 aromatic heterocycles. The van der Waals surface area contributed by atoms with Crippen molar-refractivity contribution in [3.05, 3.63) is 109 Å². The Kier molecular flexibility index (Phi) is 10.8. The van der Waals surface area contributed by atoms with Crippen LogP contribution in [0.2, 0.25) is 5.02 Å². The van der Waals surface area contributed by atoms with Crippen molar-refractivity contribution in [2.45, 2.75) is 33.6 Å². The fourth-order valence-corrected chi connectivity index (χ4v) is 5.73. The molecule has 9 nitrogen and oxygen atoms in total. The Bertz CT molecular complexity index is 2100. The third-order valence-electron chi connectivity index (χ3n) is 7.46.